The van der Waals surface area contributed by atoms with Gasteiger partial charge < -0.3 is 10.7 Å². The third-order valence-electron chi connectivity index (χ3n) is 3.80. The highest BCUT2D eigenvalue weighted by atomic mass is 15.3. The van der Waals surface area contributed by atoms with Crippen molar-refractivity contribution in [2.75, 3.05) is 17.3 Å². The molecule has 0 aliphatic heterocycles. The van der Waals surface area contributed by atoms with E-state index in [1.54, 1.807) is 6.33 Å². The first-order valence-electron chi connectivity index (χ1n) is 6.79. The van der Waals surface area contributed by atoms with Crippen LogP contribution in [0.4, 0.5) is 11.6 Å². The number of anilines is 2. The van der Waals surface area contributed by atoms with Crippen LogP contribution >= 0.6 is 0 Å². The summed E-state index contributed by atoms with van der Waals surface area (Å²) in [6.45, 7) is 5.34. The van der Waals surface area contributed by atoms with E-state index < -0.39 is 0 Å². The minimum Gasteiger partial charge on any atom is -0.369 e. The normalized spacial score (nSPS) is 16.4. The lowest BCUT2D eigenvalue weighted by Gasteiger charge is -2.17. The van der Waals surface area contributed by atoms with Gasteiger partial charge in [0.25, 0.3) is 0 Å². The number of rotatable bonds is 7. The van der Waals surface area contributed by atoms with E-state index in [2.05, 4.69) is 34.6 Å². The molecular weight excluding hydrogens is 226 g/mol. The minimum atomic E-state index is 0.515. The summed E-state index contributed by atoms with van der Waals surface area (Å²) in [4.78, 5) is 8.47. The second-order valence-electron chi connectivity index (χ2n) is 5.15. The fourth-order valence-electron chi connectivity index (χ4n) is 2.52. The molecule has 1 heterocycles. The largest absolute Gasteiger partial charge is 0.369 e. The second-order valence-corrected chi connectivity index (χ2v) is 5.15. The Hall–Kier alpha value is -1.36. The Labute approximate surface area is 109 Å². The Morgan fingerprint density at radius 3 is 2.56 bits per heavy atom. The Kier molecular flexibility index (Phi) is 4.01. The van der Waals surface area contributed by atoms with Crippen molar-refractivity contribution in [1.29, 1.82) is 0 Å². The fourth-order valence-corrected chi connectivity index (χ4v) is 2.52. The van der Waals surface area contributed by atoms with Gasteiger partial charge in [-0.1, -0.05) is 20.3 Å². The van der Waals surface area contributed by atoms with E-state index >= 15 is 0 Å². The van der Waals surface area contributed by atoms with Crippen LogP contribution in [0.25, 0.3) is 0 Å². The highest BCUT2D eigenvalue weighted by Gasteiger charge is 2.41. The molecule has 1 aromatic rings. The molecule has 100 valence electrons. The van der Waals surface area contributed by atoms with Gasteiger partial charge in [-0.05, 0) is 31.1 Å². The Morgan fingerprint density at radius 2 is 2.00 bits per heavy atom. The molecule has 1 aliphatic rings. The van der Waals surface area contributed by atoms with E-state index in [9.17, 15) is 0 Å². The zero-order chi connectivity index (χ0) is 13.0. The van der Waals surface area contributed by atoms with E-state index in [1.807, 2.05) is 0 Å². The highest BCUT2D eigenvalue weighted by molar-refractivity contribution is 5.56. The molecule has 2 rings (SSSR count). The van der Waals surface area contributed by atoms with Gasteiger partial charge in [-0.25, -0.2) is 15.8 Å². The molecule has 1 fully saturated rings. The Balaban J connectivity index is 2.05. The lowest BCUT2D eigenvalue weighted by Crippen LogP contribution is -2.19. The smallest absolute Gasteiger partial charge is 0.148 e. The van der Waals surface area contributed by atoms with Crippen LogP contribution in [0.15, 0.2) is 6.33 Å². The van der Waals surface area contributed by atoms with Crippen LogP contribution in [-0.4, -0.2) is 16.5 Å². The van der Waals surface area contributed by atoms with Gasteiger partial charge in [-0.15, -0.1) is 0 Å². The number of nitrogens with two attached hydrogens (primary N) is 1. The summed E-state index contributed by atoms with van der Waals surface area (Å²) in [6, 6.07) is 0. The predicted octanol–water partition coefficient (Wildman–Crippen LogP) is 2.32. The first-order chi connectivity index (χ1) is 8.74. The van der Waals surface area contributed by atoms with Gasteiger partial charge >= 0.3 is 0 Å². The minimum absolute atomic E-state index is 0.515. The van der Waals surface area contributed by atoms with Crippen molar-refractivity contribution in [3.05, 3.63) is 11.9 Å². The van der Waals surface area contributed by atoms with Crippen LogP contribution in [0.5, 0.6) is 0 Å². The summed E-state index contributed by atoms with van der Waals surface area (Å²) < 4.78 is 0. The van der Waals surface area contributed by atoms with Crippen LogP contribution in [0.2, 0.25) is 0 Å². The van der Waals surface area contributed by atoms with Gasteiger partial charge in [0.2, 0.25) is 0 Å². The molecule has 0 saturated heterocycles. The van der Waals surface area contributed by atoms with Gasteiger partial charge in [0.15, 0.2) is 0 Å². The molecule has 0 atom stereocenters. The number of nitrogen functional groups attached to an aromatic ring is 1. The molecule has 1 aromatic heterocycles. The second kappa shape index (κ2) is 5.52. The fraction of sp³-hybridized carbons (Fsp3) is 0.692. The first kappa shape index (κ1) is 13.1. The van der Waals surface area contributed by atoms with Crippen LogP contribution in [0, 0.1) is 5.41 Å². The number of hydrazine groups is 1. The average molecular weight is 249 g/mol. The highest BCUT2D eigenvalue weighted by Crippen LogP contribution is 2.49. The maximum absolute atomic E-state index is 5.47. The van der Waals surface area contributed by atoms with Crippen LogP contribution < -0.4 is 16.6 Å². The molecule has 1 saturated carbocycles. The Bertz CT molecular complexity index is 400. The number of aromatic nitrogens is 2. The van der Waals surface area contributed by atoms with E-state index in [-0.39, 0.29) is 0 Å². The maximum Gasteiger partial charge on any atom is 0.148 e. The summed E-state index contributed by atoms with van der Waals surface area (Å²) >= 11 is 0. The van der Waals surface area contributed by atoms with E-state index in [0.29, 0.717) is 5.41 Å². The number of nitrogens with one attached hydrogen (secondary N) is 2. The third-order valence-corrected chi connectivity index (χ3v) is 3.80. The van der Waals surface area contributed by atoms with Gasteiger partial charge in [0.05, 0.1) is 0 Å². The SMILES string of the molecule is CCCC1(CNc2ncnc(NN)c2CC)CC1. The first-order valence-corrected chi connectivity index (χ1v) is 6.79. The molecule has 1 aliphatic carbocycles. The lowest BCUT2D eigenvalue weighted by molar-refractivity contribution is 0.485. The van der Waals surface area contributed by atoms with Gasteiger partial charge in [0.1, 0.15) is 18.0 Å². The average Bonchev–Trinajstić information content (AvgIpc) is 3.16. The van der Waals surface area contributed by atoms with Crippen molar-refractivity contribution in [1.82, 2.24) is 9.97 Å². The quantitative estimate of drug-likeness (QED) is 0.510. The van der Waals surface area contributed by atoms with Crippen LogP contribution in [-0.2, 0) is 6.42 Å². The third kappa shape index (κ3) is 2.72. The summed E-state index contributed by atoms with van der Waals surface area (Å²) in [5, 5.41) is 3.48. The monoisotopic (exact) mass is 249 g/mol. The zero-order valence-electron chi connectivity index (χ0n) is 11.3. The van der Waals surface area contributed by atoms with Crippen molar-refractivity contribution in [2.24, 2.45) is 11.3 Å². The molecule has 0 amide bonds. The number of hydrogen-bond donors (Lipinski definition) is 3. The summed E-state index contributed by atoms with van der Waals surface area (Å²) in [5.74, 6) is 7.11. The summed E-state index contributed by atoms with van der Waals surface area (Å²) in [5.41, 5.74) is 4.21. The molecule has 4 N–H and O–H groups in total. The van der Waals surface area contributed by atoms with Crippen molar-refractivity contribution in [3.8, 4) is 0 Å². The molecular formula is C13H23N5. The van der Waals surface area contributed by atoms with E-state index in [4.69, 9.17) is 5.84 Å². The molecule has 18 heavy (non-hydrogen) atoms. The molecule has 5 nitrogen and oxygen atoms in total. The van der Waals surface area contributed by atoms with Gasteiger partial charge in [0, 0.05) is 12.1 Å². The van der Waals surface area contributed by atoms with E-state index in [1.165, 1.54) is 25.7 Å². The van der Waals surface area contributed by atoms with Crippen LogP contribution in [0.3, 0.4) is 0 Å². The molecule has 0 radical (unpaired) electrons. The molecule has 0 bridgehead atoms. The van der Waals surface area contributed by atoms with Gasteiger partial charge in [-0.2, -0.15) is 0 Å². The van der Waals surface area contributed by atoms with Crippen LogP contribution in [0.1, 0.15) is 45.1 Å². The molecule has 0 aromatic carbocycles. The van der Waals surface area contributed by atoms with Crippen molar-refractivity contribution in [3.63, 3.8) is 0 Å². The predicted molar refractivity (Wildman–Crippen MR) is 74.3 cm³/mol. The molecule has 0 spiro atoms. The molecule has 5 heteroatoms. The van der Waals surface area contributed by atoms with Gasteiger partial charge in [-0.3, -0.25) is 0 Å². The standard InChI is InChI=1S/C13H23N5/c1-3-5-13(6-7-13)8-15-11-10(4-2)12(18-14)17-9-16-11/h9H,3-8,14H2,1-2H3,(H2,15,16,17,18). The van der Waals surface area contributed by atoms with Crippen molar-refractivity contribution < 1.29 is 0 Å². The topological polar surface area (TPSA) is 75.9 Å². The van der Waals surface area contributed by atoms with Crippen molar-refractivity contribution >= 4 is 11.6 Å². The van der Waals surface area contributed by atoms with E-state index in [0.717, 1.165) is 30.2 Å². The maximum atomic E-state index is 5.47. The zero-order valence-corrected chi connectivity index (χ0v) is 11.3. The number of nitrogens with zero attached hydrogens (tertiary/aromatic N) is 2. The van der Waals surface area contributed by atoms with Crippen molar-refractivity contribution in [2.45, 2.75) is 46.0 Å². The number of hydrogen-bond acceptors (Lipinski definition) is 5. The summed E-state index contributed by atoms with van der Waals surface area (Å²) in [7, 11) is 0. The molecule has 0 unspecified atom stereocenters. The Morgan fingerprint density at radius 1 is 1.28 bits per heavy atom. The lowest BCUT2D eigenvalue weighted by atomic mass is 10.0. The summed E-state index contributed by atoms with van der Waals surface area (Å²) in [6.07, 6.45) is 7.64.